The summed E-state index contributed by atoms with van der Waals surface area (Å²) < 4.78 is 0. The van der Waals surface area contributed by atoms with Gasteiger partial charge in [0.15, 0.2) is 0 Å². The van der Waals surface area contributed by atoms with Gasteiger partial charge in [0, 0.05) is 6.54 Å². The number of carbonyl (C=O) groups is 3. The van der Waals surface area contributed by atoms with Crippen molar-refractivity contribution < 1.29 is 14.4 Å². The molecule has 132 valence electrons. The average molecular weight is 348 g/mol. The summed E-state index contributed by atoms with van der Waals surface area (Å²) in [6.45, 7) is 0.560. The number of nitrogens with zero attached hydrogens (tertiary/aromatic N) is 2. The Morgan fingerprint density at radius 2 is 1.69 bits per heavy atom. The Labute approximate surface area is 152 Å². The van der Waals surface area contributed by atoms with Crippen LogP contribution < -0.4 is 4.90 Å². The topological polar surface area (TPSA) is 57.7 Å². The fourth-order valence-electron chi connectivity index (χ4n) is 3.81. The van der Waals surface area contributed by atoms with Gasteiger partial charge in [0.05, 0.1) is 17.7 Å². The lowest BCUT2D eigenvalue weighted by Gasteiger charge is -2.34. The summed E-state index contributed by atoms with van der Waals surface area (Å²) in [5.41, 5.74) is 1.67. The van der Waals surface area contributed by atoms with Gasteiger partial charge in [0.2, 0.25) is 5.91 Å². The Bertz CT molecular complexity index is 863. The van der Waals surface area contributed by atoms with Crippen LogP contribution in [0.15, 0.2) is 54.6 Å². The van der Waals surface area contributed by atoms with Crippen molar-refractivity contribution in [1.82, 2.24) is 4.90 Å². The maximum Gasteiger partial charge on any atom is 0.256 e. The monoisotopic (exact) mass is 348 g/mol. The maximum absolute atomic E-state index is 13.2. The first-order chi connectivity index (χ1) is 12.7. The van der Waals surface area contributed by atoms with Crippen LogP contribution in [0.5, 0.6) is 0 Å². The molecule has 0 radical (unpaired) electrons. The van der Waals surface area contributed by atoms with Crippen LogP contribution in [0.4, 0.5) is 5.69 Å². The van der Waals surface area contributed by atoms with Gasteiger partial charge in [0.25, 0.3) is 11.8 Å². The number of anilines is 1. The number of carbonyl (C=O) groups excluding carboxylic acids is 3. The Morgan fingerprint density at radius 3 is 2.50 bits per heavy atom. The molecule has 1 unspecified atom stereocenters. The van der Waals surface area contributed by atoms with Crippen molar-refractivity contribution in [3.8, 4) is 0 Å². The van der Waals surface area contributed by atoms with Gasteiger partial charge in [0.1, 0.15) is 6.04 Å². The molecule has 2 aliphatic rings. The lowest BCUT2D eigenvalue weighted by Crippen LogP contribution is -2.52. The molecule has 0 N–H and O–H groups in total. The van der Waals surface area contributed by atoms with Crippen molar-refractivity contribution in [2.45, 2.75) is 31.7 Å². The minimum atomic E-state index is -0.552. The van der Waals surface area contributed by atoms with Crippen molar-refractivity contribution in [1.29, 1.82) is 0 Å². The van der Waals surface area contributed by atoms with Crippen molar-refractivity contribution >= 4 is 23.4 Å². The van der Waals surface area contributed by atoms with E-state index in [2.05, 4.69) is 0 Å². The van der Waals surface area contributed by atoms with E-state index >= 15 is 0 Å². The number of hydrogen-bond acceptors (Lipinski definition) is 3. The number of benzene rings is 2. The minimum Gasteiger partial charge on any atom is -0.327 e. The second-order valence-electron chi connectivity index (χ2n) is 6.76. The molecule has 0 saturated carbocycles. The van der Waals surface area contributed by atoms with Crippen molar-refractivity contribution in [2.75, 3.05) is 11.4 Å². The number of fused-ring (bicyclic) bond motifs is 2. The average Bonchev–Trinajstić information content (AvgIpc) is 2.77. The number of hydrogen-bond donors (Lipinski definition) is 0. The molecule has 2 heterocycles. The summed E-state index contributed by atoms with van der Waals surface area (Å²) in [5, 5.41) is 0. The minimum absolute atomic E-state index is 0.127. The summed E-state index contributed by atoms with van der Waals surface area (Å²) in [5.74, 6) is -0.744. The van der Waals surface area contributed by atoms with E-state index in [1.807, 2.05) is 30.3 Å². The molecule has 2 aliphatic heterocycles. The highest BCUT2D eigenvalue weighted by molar-refractivity contribution is 6.22. The van der Waals surface area contributed by atoms with Gasteiger partial charge in [-0.05, 0) is 37.0 Å². The smallest absolute Gasteiger partial charge is 0.256 e. The summed E-state index contributed by atoms with van der Waals surface area (Å²) in [6, 6.07) is 15.7. The molecule has 0 aromatic heterocycles. The molecule has 0 spiro atoms. The van der Waals surface area contributed by atoms with E-state index in [-0.39, 0.29) is 24.1 Å². The molecular formula is C21H20N2O3. The number of rotatable bonds is 2. The largest absolute Gasteiger partial charge is 0.327 e. The van der Waals surface area contributed by atoms with E-state index in [4.69, 9.17) is 0 Å². The van der Waals surface area contributed by atoms with E-state index in [0.29, 0.717) is 24.2 Å². The molecular weight excluding hydrogens is 328 g/mol. The first-order valence-corrected chi connectivity index (χ1v) is 8.97. The Morgan fingerprint density at radius 1 is 0.962 bits per heavy atom. The second kappa shape index (κ2) is 6.75. The first-order valence-electron chi connectivity index (χ1n) is 8.97. The number of para-hydroxylation sites is 1. The highest BCUT2D eigenvalue weighted by Gasteiger charge is 2.42. The summed E-state index contributed by atoms with van der Waals surface area (Å²) >= 11 is 0. The number of amides is 3. The van der Waals surface area contributed by atoms with Gasteiger partial charge in [-0.1, -0.05) is 42.5 Å². The maximum atomic E-state index is 13.2. The fourth-order valence-corrected chi connectivity index (χ4v) is 3.81. The Hall–Kier alpha value is -2.95. The molecule has 5 nitrogen and oxygen atoms in total. The van der Waals surface area contributed by atoms with Crippen LogP contribution in [0.25, 0.3) is 0 Å². The molecule has 26 heavy (non-hydrogen) atoms. The predicted molar refractivity (Wildman–Crippen MR) is 97.8 cm³/mol. The van der Waals surface area contributed by atoms with Gasteiger partial charge in [-0.15, -0.1) is 0 Å². The highest BCUT2D eigenvalue weighted by atomic mass is 16.2. The van der Waals surface area contributed by atoms with Crippen molar-refractivity contribution in [3.63, 3.8) is 0 Å². The molecule has 3 amide bonds. The number of imide groups is 1. The molecule has 4 rings (SSSR count). The summed E-state index contributed by atoms with van der Waals surface area (Å²) in [7, 11) is 0. The van der Waals surface area contributed by atoms with Crippen LogP contribution in [-0.4, -0.2) is 35.2 Å². The van der Waals surface area contributed by atoms with Crippen LogP contribution in [-0.2, 0) is 16.0 Å². The van der Waals surface area contributed by atoms with E-state index in [1.54, 1.807) is 29.2 Å². The van der Waals surface area contributed by atoms with E-state index in [1.165, 1.54) is 4.90 Å². The van der Waals surface area contributed by atoms with Crippen molar-refractivity contribution in [3.05, 3.63) is 65.7 Å². The zero-order valence-corrected chi connectivity index (χ0v) is 14.4. The summed E-state index contributed by atoms with van der Waals surface area (Å²) in [6.07, 6.45) is 2.50. The second-order valence-corrected chi connectivity index (χ2v) is 6.76. The lowest BCUT2D eigenvalue weighted by molar-refractivity contribution is -0.129. The molecule has 1 saturated heterocycles. The fraction of sp³-hybridized carbons (Fsp3) is 0.286. The van der Waals surface area contributed by atoms with E-state index in [9.17, 15) is 14.4 Å². The lowest BCUT2D eigenvalue weighted by atomic mass is 10.0. The van der Waals surface area contributed by atoms with Gasteiger partial charge in [-0.3, -0.25) is 14.4 Å². The van der Waals surface area contributed by atoms with Gasteiger partial charge in [-0.25, -0.2) is 4.90 Å². The SMILES string of the molecule is O=C(Cc1ccccc1)N1C(=O)C2CCCCN2C(=O)c2ccccc21. The third-order valence-electron chi connectivity index (χ3n) is 5.09. The third-order valence-corrected chi connectivity index (χ3v) is 5.09. The Kier molecular flexibility index (Phi) is 4.29. The Balaban J connectivity index is 1.76. The van der Waals surface area contributed by atoms with E-state index < -0.39 is 6.04 Å². The number of piperidine rings is 1. The molecule has 1 atom stereocenters. The van der Waals surface area contributed by atoms with Crippen LogP contribution >= 0.6 is 0 Å². The molecule has 2 aromatic rings. The zero-order valence-electron chi connectivity index (χ0n) is 14.4. The standard InChI is InChI=1S/C21H20N2O3/c24-19(14-15-8-2-1-3-9-15)23-17-11-5-4-10-16(17)20(25)22-13-7-6-12-18(22)21(23)26/h1-5,8-11,18H,6-7,12-14H2. The van der Waals surface area contributed by atoms with Crippen LogP contribution in [0.2, 0.25) is 0 Å². The summed E-state index contributed by atoms with van der Waals surface area (Å²) in [4.78, 5) is 42.1. The highest BCUT2D eigenvalue weighted by Crippen LogP contribution is 2.32. The predicted octanol–water partition coefficient (Wildman–Crippen LogP) is 2.80. The van der Waals surface area contributed by atoms with E-state index in [0.717, 1.165) is 18.4 Å². The quantitative estimate of drug-likeness (QED) is 0.838. The van der Waals surface area contributed by atoms with Gasteiger partial charge < -0.3 is 4.90 Å². The van der Waals surface area contributed by atoms with Crippen LogP contribution in [0.3, 0.4) is 0 Å². The first kappa shape index (κ1) is 16.5. The zero-order chi connectivity index (χ0) is 18.1. The molecule has 0 bridgehead atoms. The molecule has 1 fully saturated rings. The molecule has 5 heteroatoms. The van der Waals surface area contributed by atoms with Crippen molar-refractivity contribution in [2.24, 2.45) is 0 Å². The van der Waals surface area contributed by atoms with Crippen LogP contribution in [0.1, 0.15) is 35.2 Å². The third kappa shape index (κ3) is 2.79. The molecule has 0 aliphatic carbocycles. The van der Waals surface area contributed by atoms with Gasteiger partial charge in [-0.2, -0.15) is 0 Å². The van der Waals surface area contributed by atoms with Gasteiger partial charge >= 0.3 is 0 Å². The van der Waals surface area contributed by atoms with Crippen LogP contribution in [0, 0.1) is 0 Å². The molecule has 2 aromatic carbocycles. The normalized spacial score (nSPS) is 19.6.